The van der Waals surface area contributed by atoms with E-state index in [1.54, 1.807) is 0 Å². The van der Waals surface area contributed by atoms with Gasteiger partial charge in [-0.15, -0.1) is 0 Å². The van der Waals surface area contributed by atoms with Crippen molar-refractivity contribution in [1.82, 2.24) is 0 Å². The second kappa shape index (κ2) is 7.44. The molecule has 148 valence electrons. The number of allylic oxidation sites excluding steroid dienone is 1. The molecule has 0 aromatic heterocycles. The van der Waals surface area contributed by atoms with E-state index < -0.39 is 0 Å². The van der Waals surface area contributed by atoms with Crippen LogP contribution in [0.1, 0.15) is 38.8 Å². The highest BCUT2D eigenvalue weighted by molar-refractivity contribution is 5.89. The van der Waals surface area contributed by atoms with Gasteiger partial charge in [0.25, 0.3) is 0 Å². The lowest BCUT2D eigenvalue weighted by Gasteiger charge is -2.43. The first kappa shape index (κ1) is 19.3. The number of aryl methyl sites for hydroxylation is 1. The third kappa shape index (κ3) is 3.44. The average Bonchev–Trinajstić information content (AvgIpc) is 3.03. The third-order valence-electron chi connectivity index (χ3n) is 5.67. The first-order valence-corrected chi connectivity index (χ1v) is 10.3. The fourth-order valence-electron chi connectivity index (χ4n) is 4.43. The van der Waals surface area contributed by atoms with Gasteiger partial charge in [-0.3, -0.25) is 0 Å². The number of rotatable bonds is 3. The number of hydrogen-bond acceptors (Lipinski definition) is 2. The minimum atomic E-state index is 0.0237. The van der Waals surface area contributed by atoms with Crippen molar-refractivity contribution in [2.24, 2.45) is 5.41 Å². The van der Waals surface area contributed by atoms with E-state index in [0.717, 1.165) is 0 Å². The van der Waals surface area contributed by atoms with Crippen molar-refractivity contribution in [3.8, 4) is 0 Å². The monoisotopic (exact) mass is 382 g/mol. The molecule has 1 atom stereocenters. The summed E-state index contributed by atoms with van der Waals surface area (Å²) in [5.74, 6) is 0. The highest BCUT2D eigenvalue weighted by Crippen LogP contribution is 2.47. The van der Waals surface area contributed by atoms with Gasteiger partial charge in [0.1, 0.15) is 6.17 Å². The smallest absolute Gasteiger partial charge is 0.116 e. The molecular weight excluding hydrogens is 352 g/mol. The van der Waals surface area contributed by atoms with Gasteiger partial charge < -0.3 is 9.80 Å². The summed E-state index contributed by atoms with van der Waals surface area (Å²) >= 11 is 0. The molecule has 1 unspecified atom stereocenters. The molecule has 3 aromatic carbocycles. The summed E-state index contributed by atoms with van der Waals surface area (Å²) in [7, 11) is 0. The lowest BCUT2D eigenvalue weighted by atomic mass is 9.89. The van der Waals surface area contributed by atoms with Crippen molar-refractivity contribution in [2.45, 2.75) is 40.8 Å². The molecule has 3 aromatic rings. The zero-order valence-electron chi connectivity index (χ0n) is 18.1. The van der Waals surface area contributed by atoms with E-state index >= 15 is 0 Å². The molecule has 0 bridgehead atoms. The molecule has 0 spiro atoms. The molecule has 0 fully saturated rings. The molecule has 0 saturated carbocycles. The third-order valence-corrected chi connectivity index (χ3v) is 5.67. The van der Waals surface area contributed by atoms with E-state index in [-0.39, 0.29) is 11.6 Å². The first-order chi connectivity index (χ1) is 13.9. The Bertz CT molecular complexity index is 1010. The molecule has 0 saturated heterocycles. The van der Waals surface area contributed by atoms with Crippen LogP contribution in [0.4, 0.5) is 11.4 Å². The fourth-order valence-corrected chi connectivity index (χ4v) is 4.43. The summed E-state index contributed by atoms with van der Waals surface area (Å²) in [5.41, 5.74) is 7.63. The number of para-hydroxylation sites is 2. The van der Waals surface area contributed by atoms with Gasteiger partial charge in [0.2, 0.25) is 0 Å². The number of benzene rings is 3. The summed E-state index contributed by atoms with van der Waals surface area (Å²) in [4.78, 5) is 5.06. The van der Waals surface area contributed by atoms with Crippen molar-refractivity contribution in [3.05, 3.63) is 102 Å². The van der Waals surface area contributed by atoms with Crippen LogP contribution in [0.25, 0.3) is 5.70 Å². The molecule has 4 rings (SSSR count). The second-order valence-corrected chi connectivity index (χ2v) is 8.90. The van der Waals surface area contributed by atoms with E-state index in [1.165, 1.54) is 33.9 Å². The lowest BCUT2D eigenvalue weighted by molar-refractivity contribution is 0.326. The SMILES string of the molecule is CC1=C(c2ccccc2)N(c2ccccc2)C(C(C)(C)C)N1c1ccccc1C. The zero-order valence-corrected chi connectivity index (χ0v) is 18.1. The quantitative estimate of drug-likeness (QED) is 0.477. The van der Waals surface area contributed by atoms with Crippen LogP contribution in [0.5, 0.6) is 0 Å². The molecule has 0 N–H and O–H groups in total. The molecule has 0 radical (unpaired) electrons. The lowest BCUT2D eigenvalue weighted by Crippen LogP contribution is -2.49. The predicted molar refractivity (Wildman–Crippen MR) is 125 cm³/mol. The van der Waals surface area contributed by atoms with E-state index in [4.69, 9.17) is 0 Å². The highest BCUT2D eigenvalue weighted by atomic mass is 15.4. The van der Waals surface area contributed by atoms with Crippen molar-refractivity contribution in [2.75, 3.05) is 9.80 Å². The van der Waals surface area contributed by atoms with E-state index in [2.05, 4.69) is 129 Å². The molecule has 0 amide bonds. The molecule has 1 aliphatic rings. The van der Waals surface area contributed by atoms with Gasteiger partial charge in [-0.25, -0.2) is 0 Å². The van der Waals surface area contributed by atoms with Crippen LogP contribution in [-0.4, -0.2) is 6.17 Å². The van der Waals surface area contributed by atoms with Crippen molar-refractivity contribution in [1.29, 1.82) is 0 Å². The largest absolute Gasteiger partial charge is 0.321 e. The predicted octanol–water partition coefficient (Wildman–Crippen LogP) is 7.08. The molecule has 2 heteroatoms. The van der Waals surface area contributed by atoms with Crippen LogP contribution in [0.3, 0.4) is 0 Å². The summed E-state index contributed by atoms with van der Waals surface area (Å²) in [6.45, 7) is 11.5. The maximum atomic E-state index is 2.53. The van der Waals surface area contributed by atoms with Crippen LogP contribution in [0.2, 0.25) is 0 Å². The molecule has 1 aliphatic heterocycles. The summed E-state index contributed by atoms with van der Waals surface area (Å²) in [6.07, 6.45) is 0.168. The van der Waals surface area contributed by atoms with E-state index in [0.29, 0.717) is 0 Å². The Labute approximate surface area is 175 Å². The number of hydrogen-bond donors (Lipinski definition) is 0. The van der Waals surface area contributed by atoms with Gasteiger partial charge >= 0.3 is 0 Å². The van der Waals surface area contributed by atoms with Crippen molar-refractivity contribution in [3.63, 3.8) is 0 Å². The summed E-state index contributed by atoms with van der Waals surface area (Å²) < 4.78 is 0. The summed E-state index contributed by atoms with van der Waals surface area (Å²) in [6, 6.07) is 30.3. The molecule has 0 aliphatic carbocycles. The zero-order chi connectivity index (χ0) is 20.6. The van der Waals surface area contributed by atoms with Crippen LogP contribution < -0.4 is 9.80 Å². The van der Waals surface area contributed by atoms with E-state index in [1.807, 2.05) is 0 Å². The minimum Gasteiger partial charge on any atom is -0.321 e. The van der Waals surface area contributed by atoms with Crippen LogP contribution in [0.15, 0.2) is 90.6 Å². The van der Waals surface area contributed by atoms with Gasteiger partial charge in [0.15, 0.2) is 0 Å². The van der Waals surface area contributed by atoms with Gasteiger partial charge in [0.05, 0.1) is 5.70 Å². The number of anilines is 2. The maximum absolute atomic E-state index is 2.53. The van der Waals surface area contributed by atoms with Crippen LogP contribution >= 0.6 is 0 Å². The number of nitrogens with zero attached hydrogens (tertiary/aromatic N) is 2. The minimum absolute atomic E-state index is 0.0237. The van der Waals surface area contributed by atoms with Gasteiger partial charge in [-0.2, -0.15) is 0 Å². The molecular formula is C27H30N2. The maximum Gasteiger partial charge on any atom is 0.116 e. The van der Waals surface area contributed by atoms with Crippen LogP contribution in [0, 0.1) is 12.3 Å². The average molecular weight is 383 g/mol. The van der Waals surface area contributed by atoms with Gasteiger partial charge in [-0.1, -0.05) is 87.5 Å². The second-order valence-electron chi connectivity index (χ2n) is 8.90. The highest BCUT2D eigenvalue weighted by Gasteiger charge is 2.45. The Hall–Kier alpha value is -3.00. The Morgan fingerprint density at radius 1 is 0.655 bits per heavy atom. The Balaban J connectivity index is 2.00. The fraction of sp³-hybridized carbons (Fsp3) is 0.259. The molecule has 29 heavy (non-hydrogen) atoms. The Morgan fingerprint density at radius 2 is 1.21 bits per heavy atom. The first-order valence-electron chi connectivity index (χ1n) is 10.3. The topological polar surface area (TPSA) is 6.48 Å². The molecule has 2 nitrogen and oxygen atoms in total. The molecule has 1 heterocycles. The normalized spacial score (nSPS) is 17.2. The van der Waals surface area contributed by atoms with E-state index in [9.17, 15) is 0 Å². The van der Waals surface area contributed by atoms with Crippen LogP contribution in [-0.2, 0) is 0 Å². The standard InChI is InChI=1S/C27H30N2/c1-20-14-12-13-19-24(20)28-21(2)25(22-15-8-6-9-16-22)29(26(28)27(3,4)5)23-17-10-7-11-18-23/h6-19,26H,1-5H3. The van der Waals surface area contributed by atoms with Crippen molar-refractivity contribution < 1.29 is 0 Å². The summed E-state index contributed by atoms with van der Waals surface area (Å²) in [5, 5.41) is 0. The van der Waals surface area contributed by atoms with Gasteiger partial charge in [0, 0.05) is 22.5 Å². The Kier molecular flexibility index (Phi) is 4.96. The van der Waals surface area contributed by atoms with Gasteiger partial charge in [-0.05, 0) is 43.2 Å². The van der Waals surface area contributed by atoms with Crippen molar-refractivity contribution >= 4 is 17.1 Å². The Morgan fingerprint density at radius 3 is 1.79 bits per heavy atom.